The number of piperidine rings is 1. The van der Waals surface area contributed by atoms with Crippen LogP contribution >= 0.6 is 0 Å². The van der Waals surface area contributed by atoms with Crippen molar-refractivity contribution in [1.82, 2.24) is 15.2 Å². The first-order valence-corrected chi connectivity index (χ1v) is 15.6. The number of hydrogen-bond acceptors (Lipinski definition) is 7. The number of hydrogen-bond donors (Lipinski definition) is 6. The molecule has 5 atom stereocenters. The molecule has 10 nitrogen and oxygen atoms in total. The average molecular weight is 587 g/mol. The van der Waals surface area contributed by atoms with Crippen LogP contribution in [0.15, 0.2) is 30.3 Å². The number of phenols is 1. The molecule has 2 aliphatic heterocycles. The summed E-state index contributed by atoms with van der Waals surface area (Å²) >= 11 is 0. The minimum Gasteiger partial charge on any atom is -0.504 e. The van der Waals surface area contributed by atoms with E-state index in [0.29, 0.717) is 67.8 Å². The number of aromatic amines is 1. The predicted molar refractivity (Wildman–Crippen MR) is 158 cm³/mol. The van der Waals surface area contributed by atoms with Crippen molar-refractivity contribution in [2.24, 2.45) is 11.7 Å². The van der Waals surface area contributed by atoms with Gasteiger partial charge in [0.25, 0.3) is 5.91 Å². The number of amides is 1. The molecule has 1 unspecified atom stereocenters. The number of nitrogens with one attached hydrogen (secondary N) is 2. The van der Waals surface area contributed by atoms with Crippen LogP contribution in [-0.2, 0) is 23.1 Å². The van der Waals surface area contributed by atoms with Crippen LogP contribution in [0.3, 0.4) is 0 Å². The number of H-pyrrole nitrogens is 1. The Bertz CT molecular complexity index is 1660. The molecule has 1 spiro atoms. The normalized spacial score (nSPS) is 29.1. The van der Waals surface area contributed by atoms with Gasteiger partial charge in [0.15, 0.2) is 17.6 Å². The van der Waals surface area contributed by atoms with Crippen molar-refractivity contribution in [2.45, 2.75) is 80.6 Å². The molecule has 1 amide bonds. The third kappa shape index (κ3) is 3.69. The second kappa shape index (κ2) is 9.45. The molecule has 10 heteroatoms. The molecule has 0 radical (unpaired) electrons. The van der Waals surface area contributed by atoms with E-state index in [1.165, 1.54) is 12.8 Å². The summed E-state index contributed by atoms with van der Waals surface area (Å²) in [5, 5.41) is 37.3. The van der Waals surface area contributed by atoms with Gasteiger partial charge in [-0.3, -0.25) is 9.69 Å². The van der Waals surface area contributed by atoms with Gasteiger partial charge in [-0.25, -0.2) is 4.79 Å². The Kier molecular flexibility index (Phi) is 5.93. The number of phenolic OH excluding ortho intramolecular Hbond substituents is 1. The van der Waals surface area contributed by atoms with E-state index in [4.69, 9.17) is 10.5 Å². The zero-order valence-electron chi connectivity index (χ0n) is 24.1. The molecular weight excluding hydrogens is 548 g/mol. The molecule has 8 rings (SSSR count). The Morgan fingerprint density at radius 1 is 1.21 bits per heavy atom. The first-order chi connectivity index (χ1) is 20.8. The van der Waals surface area contributed by atoms with E-state index in [2.05, 4.69) is 15.2 Å². The van der Waals surface area contributed by atoms with Gasteiger partial charge in [-0.05, 0) is 87.2 Å². The van der Waals surface area contributed by atoms with E-state index in [0.717, 1.165) is 40.9 Å². The SMILES string of the molecule is NCCCCC(NC(=O)c1cccc2c3c([nH]c12)[C@H]1Oc2c(O)ccc4c2[C@@]12CCN(CC1CC1)[C@@H](C4)[C@]2(O)C3)C(=O)O. The predicted octanol–water partition coefficient (Wildman–Crippen LogP) is 2.88. The summed E-state index contributed by atoms with van der Waals surface area (Å²) in [5.41, 5.74) is 8.46. The van der Waals surface area contributed by atoms with Crippen molar-refractivity contribution in [3.63, 3.8) is 0 Å². The number of carboxylic acid groups (broad SMARTS) is 1. The van der Waals surface area contributed by atoms with Crippen LogP contribution in [0.25, 0.3) is 10.9 Å². The molecule has 1 aromatic heterocycles. The van der Waals surface area contributed by atoms with E-state index in [1.54, 1.807) is 18.2 Å². The number of benzene rings is 2. The Hall–Kier alpha value is -3.60. The molecule has 5 aliphatic rings. The number of carbonyl (C=O) groups excluding carboxylic acids is 1. The summed E-state index contributed by atoms with van der Waals surface area (Å²) in [5.74, 6) is -0.326. The highest BCUT2D eigenvalue weighted by Gasteiger charge is 2.72. The maximum Gasteiger partial charge on any atom is 0.326 e. The summed E-state index contributed by atoms with van der Waals surface area (Å²) in [6.07, 6.45) is 5.28. The van der Waals surface area contributed by atoms with Crippen molar-refractivity contribution >= 4 is 22.8 Å². The number of ether oxygens (including phenoxy) is 1. The van der Waals surface area contributed by atoms with Crippen molar-refractivity contribution in [3.8, 4) is 11.5 Å². The minimum absolute atomic E-state index is 0.0795. The van der Waals surface area contributed by atoms with Gasteiger partial charge in [-0.1, -0.05) is 18.2 Å². The number of para-hydroxylation sites is 1. The molecule has 1 saturated carbocycles. The first-order valence-electron chi connectivity index (χ1n) is 15.6. The Balaban J connectivity index is 1.24. The molecule has 3 heterocycles. The number of aromatic hydroxyl groups is 1. The molecule has 3 aromatic rings. The number of nitrogens with zero attached hydrogens (tertiary/aromatic N) is 1. The Labute approximate surface area is 249 Å². The van der Waals surface area contributed by atoms with Crippen LogP contribution in [0.2, 0.25) is 0 Å². The summed E-state index contributed by atoms with van der Waals surface area (Å²) < 4.78 is 6.66. The summed E-state index contributed by atoms with van der Waals surface area (Å²) in [7, 11) is 0. The van der Waals surface area contributed by atoms with Crippen LogP contribution in [0, 0.1) is 5.92 Å². The van der Waals surface area contributed by atoms with Gasteiger partial charge in [0.2, 0.25) is 0 Å². The highest BCUT2D eigenvalue weighted by molar-refractivity contribution is 6.08. The molecule has 1 saturated heterocycles. The molecule has 2 bridgehead atoms. The first kappa shape index (κ1) is 27.0. The fraction of sp³-hybridized carbons (Fsp3) is 0.515. The quantitative estimate of drug-likeness (QED) is 0.209. The number of fused-ring (bicyclic) bond motifs is 4. The molecule has 43 heavy (non-hydrogen) atoms. The molecule has 226 valence electrons. The standard InChI is InChI=1S/C33H38N4O6/c34-12-2-1-6-22(31(40)41)35-30(39)20-5-3-4-19-21-15-33(42)24-14-18-9-10-23(38)28-25(18)32(33,11-13-37(24)16-17-7-8-17)29(43-28)27(21)36-26(19)20/h3-5,9-10,17,22,24,29,36,38,42H,1-2,6-8,11-16,34H2,(H,35,39)(H,40,41)/t22?,24-,29+,32-,33+/m0/s1. The molecule has 2 aromatic carbocycles. The maximum atomic E-state index is 13.6. The Morgan fingerprint density at radius 2 is 2.05 bits per heavy atom. The van der Waals surface area contributed by atoms with Gasteiger partial charge in [-0.2, -0.15) is 0 Å². The van der Waals surface area contributed by atoms with Gasteiger partial charge in [0.1, 0.15) is 6.04 Å². The number of carboxylic acids is 1. The lowest BCUT2D eigenvalue weighted by atomic mass is 9.49. The van der Waals surface area contributed by atoms with Crippen molar-refractivity contribution in [1.29, 1.82) is 0 Å². The zero-order chi connectivity index (χ0) is 29.7. The van der Waals surface area contributed by atoms with E-state index in [9.17, 15) is 24.9 Å². The summed E-state index contributed by atoms with van der Waals surface area (Å²) in [6, 6.07) is 8.03. The van der Waals surface area contributed by atoms with Gasteiger partial charge < -0.3 is 36.1 Å². The third-order valence-corrected chi connectivity index (χ3v) is 11.0. The highest BCUT2D eigenvalue weighted by Crippen LogP contribution is 2.69. The summed E-state index contributed by atoms with van der Waals surface area (Å²) in [4.78, 5) is 31.5. The van der Waals surface area contributed by atoms with Gasteiger partial charge >= 0.3 is 5.97 Å². The smallest absolute Gasteiger partial charge is 0.326 e. The number of carbonyl (C=O) groups is 2. The van der Waals surface area contributed by atoms with Crippen molar-refractivity contribution in [2.75, 3.05) is 19.6 Å². The van der Waals surface area contributed by atoms with Crippen LogP contribution < -0.4 is 15.8 Å². The second-order valence-electron chi connectivity index (χ2n) is 13.3. The maximum absolute atomic E-state index is 13.6. The fourth-order valence-corrected chi connectivity index (χ4v) is 8.82. The highest BCUT2D eigenvalue weighted by atomic mass is 16.5. The van der Waals surface area contributed by atoms with Crippen LogP contribution in [-0.4, -0.2) is 74.4 Å². The number of aliphatic hydroxyl groups is 1. The number of likely N-dealkylation sites (tertiary alicyclic amines) is 1. The van der Waals surface area contributed by atoms with Crippen LogP contribution in [0.4, 0.5) is 0 Å². The second-order valence-corrected chi connectivity index (χ2v) is 13.3. The largest absolute Gasteiger partial charge is 0.504 e. The van der Waals surface area contributed by atoms with Gasteiger partial charge in [0, 0.05) is 30.0 Å². The Morgan fingerprint density at radius 3 is 2.81 bits per heavy atom. The number of rotatable bonds is 9. The number of unbranched alkanes of at least 4 members (excludes halogenated alkanes) is 1. The molecule has 7 N–H and O–H groups in total. The van der Waals surface area contributed by atoms with Gasteiger partial charge in [0.05, 0.1) is 27.8 Å². The molecule has 3 aliphatic carbocycles. The molecule has 2 fully saturated rings. The lowest BCUT2D eigenvalue weighted by Crippen LogP contribution is -2.74. The number of aliphatic carboxylic acids is 1. The van der Waals surface area contributed by atoms with E-state index < -0.39 is 35.0 Å². The van der Waals surface area contributed by atoms with Crippen molar-refractivity contribution in [3.05, 3.63) is 58.3 Å². The average Bonchev–Trinajstić information content (AvgIpc) is 3.62. The monoisotopic (exact) mass is 586 g/mol. The van der Waals surface area contributed by atoms with E-state index >= 15 is 0 Å². The third-order valence-electron chi connectivity index (χ3n) is 11.0. The van der Waals surface area contributed by atoms with Gasteiger partial charge in [-0.15, -0.1) is 0 Å². The lowest BCUT2D eigenvalue weighted by Gasteiger charge is -2.62. The topological polar surface area (TPSA) is 161 Å². The number of nitrogens with two attached hydrogens (primary N) is 1. The van der Waals surface area contributed by atoms with E-state index in [1.807, 2.05) is 12.1 Å². The number of aromatic nitrogens is 1. The zero-order valence-corrected chi connectivity index (χ0v) is 24.1. The van der Waals surface area contributed by atoms with E-state index in [-0.39, 0.29) is 11.8 Å². The van der Waals surface area contributed by atoms with Crippen LogP contribution in [0.1, 0.15) is 77.4 Å². The van der Waals surface area contributed by atoms with Crippen LogP contribution in [0.5, 0.6) is 11.5 Å². The summed E-state index contributed by atoms with van der Waals surface area (Å²) in [6.45, 7) is 2.30. The fourth-order valence-electron chi connectivity index (χ4n) is 8.82. The molecular formula is C33H38N4O6. The minimum atomic E-state index is -1.13. The van der Waals surface area contributed by atoms with Crippen molar-refractivity contribution < 1.29 is 29.6 Å². The lowest BCUT2D eigenvalue weighted by molar-refractivity contribution is -0.173.